The minimum absolute atomic E-state index is 0.103. The third kappa shape index (κ3) is 1.46. The van der Waals surface area contributed by atoms with Crippen LogP contribution in [-0.4, -0.2) is 24.8 Å². The number of aromatic nitrogens is 5. The predicted molar refractivity (Wildman–Crippen MR) is 78.5 cm³/mol. The van der Waals surface area contributed by atoms with Gasteiger partial charge in [0.1, 0.15) is 15.6 Å². The first-order valence-corrected chi connectivity index (χ1v) is 6.99. The van der Waals surface area contributed by atoms with Crippen molar-refractivity contribution in [1.82, 2.24) is 24.8 Å². The summed E-state index contributed by atoms with van der Waals surface area (Å²) in [6, 6.07) is 3.89. The number of rotatable bonds is 0. The molecule has 4 aromatic heterocycles. The largest absolute Gasteiger partial charge is 0.291 e. The third-order valence-electron chi connectivity index (χ3n) is 3.38. The Morgan fingerprint density at radius 2 is 2.19 bits per heavy atom. The minimum atomic E-state index is -0.358. The fourth-order valence-corrected chi connectivity index (χ4v) is 3.73. The number of nitrogens with zero attached hydrogens (tertiary/aromatic N) is 5. The van der Waals surface area contributed by atoms with Gasteiger partial charge in [-0.15, -0.1) is 16.4 Å². The fraction of sp³-hybridized carbons (Fsp3) is 0.154. The molecule has 0 amide bonds. The highest BCUT2D eigenvalue weighted by molar-refractivity contribution is 7.25. The number of fused-ring (bicyclic) bond motifs is 5. The molecule has 1 N–H and O–H groups in total. The zero-order chi connectivity index (χ0) is 14.7. The van der Waals surface area contributed by atoms with Crippen molar-refractivity contribution in [3.63, 3.8) is 0 Å². The quantitative estimate of drug-likeness (QED) is 0.532. The SMILES string of the molecule is Cc1cc(C)c2c(n1)sc1c(=O)nc3c(C#N)n[nH]n3c12. The Morgan fingerprint density at radius 3 is 2.95 bits per heavy atom. The summed E-state index contributed by atoms with van der Waals surface area (Å²) in [6.45, 7) is 3.89. The summed E-state index contributed by atoms with van der Waals surface area (Å²) in [7, 11) is 0. The number of nitrogens with one attached hydrogen (secondary N) is 1. The Bertz CT molecular complexity index is 1140. The smallest absolute Gasteiger partial charge is 0.266 e. The van der Waals surface area contributed by atoms with Gasteiger partial charge >= 0.3 is 0 Å². The number of aromatic amines is 1. The number of pyridine rings is 1. The summed E-state index contributed by atoms with van der Waals surface area (Å²) >= 11 is 1.31. The van der Waals surface area contributed by atoms with E-state index in [2.05, 4.69) is 20.3 Å². The molecule has 0 saturated heterocycles. The summed E-state index contributed by atoms with van der Waals surface area (Å²) in [5.74, 6) is 0. The van der Waals surface area contributed by atoms with Gasteiger partial charge in [0.25, 0.3) is 5.56 Å². The second-order valence-corrected chi connectivity index (χ2v) is 5.79. The van der Waals surface area contributed by atoms with Gasteiger partial charge in [0.05, 0.1) is 5.52 Å². The van der Waals surface area contributed by atoms with E-state index >= 15 is 0 Å². The molecular formula is C13H8N6OS. The van der Waals surface area contributed by atoms with E-state index in [0.717, 1.165) is 21.5 Å². The topological polar surface area (TPSA) is 99.7 Å². The van der Waals surface area contributed by atoms with Gasteiger partial charge in [0.15, 0.2) is 5.65 Å². The van der Waals surface area contributed by atoms with Crippen molar-refractivity contribution in [3.05, 3.63) is 33.4 Å². The lowest BCUT2D eigenvalue weighted by Gasteiger charge is -2.00. The maximum absolute atomic E-state index is 12.2. The van der Waals surface area contributed by atoms with E-state index in [9.17, 15) is 4.79 Å². The number of aryl methyl sites for hydroxylation is 2. The Kier molecular flexibility index (Phi) is 2.21. The summed E-state index contributed by atoms with van der Waals surface area (Å²) in [5.41, 5.74) is 2.60. The van der Waals surface area contributed by atoms with Crippen molar-refractivity contribution >= 4 is 37.4 Å². The highest BCUT2D eigenvalue weighted by Crippen LogP contribution is 2.33. The molecule has 0 aliphatic heterocycles. The first-order valence-electron chi connectivity index (χ1n) is 6.18. The van der Waals surface area contributed by atoms with Crippen LogP contribution in [0.15, 0.2) is 10.9 Å². The zero-order valence-corrected chi connectivity index (χ0v) is 11.9. The van der Waals surface area contributed by atoms with Gasteiger partial charge in [-0.05, 0) is 25.5 Å². The van der Waals surface area contributed by atoms with Gasteiger partial charge in [-0.25, -0.2) is 14.7 Å². The third-order valence-corrected chi connectivity index (χ3v) is 4.44. The van der Waals surface area contributed by atoms with E-state index in [1.165, 1.54) is 11.3 Å². The van der Waals surface area contributed by atoms with Crippen LogP contribution in [0, 0.1) is 25.2 Å². The molecule has 0 aliphatic rings. The average molecular weight is 296 g/mol. The molecule has 0 unspecified atom stereocenters. The van der Waals surface area contributed by atoms with Crippen LogP contribution in [0.2, 0.25) is 0 Å². The molecule has 0 aromatic carbocycles. The number of hydrogen-bond acceptors (Lipinski definition) is 6. The number of hydrogen-bond donors (Lipinski definition) is 1. The molecule has 0 spiro atoms. The molecule has 0 atom stereocenters. The lowest BCUT2D eigenvalue weighted by molar-refractivity contribution is 0.873. The monoisotopic (exact) mass is 296 g/mol. The first-order chi connectivity index (χ1) is 10.1. The normalized spacial score (nSPS) is 11.5. The summed E-state index contributed by atoms with van der Waals surface area (Å²) in [5, 5.41) is 16.6. The molecule has 102 valence electrons. The van der Waals surface area contributed by atoms with E-state index in [4.69, 9.17) is 5.26 Å². The second kappa shape index (κ2) is 3.86. The molecule has 0 aliphatic carbocycles. The van der Waals surface area contributed by atoms with E-state index in [0.29, 0.717) is 10.2 Å². The molecule has 0 saturated carbocycles. The van der Waals surface area contributed by atoms with Crippen molar-refractivity contribution in [2.45, 2.75) is 13.8 Å². The number of thiophene rings is 1. The molecule has 0 radical (unpaired) electrons. The van der Waals surface area contributed by atoms with Crippen LogP contribution in [0.25, 0.3) is 26.1 Å². The van der Waals surface area contributed by atoms with Crippen molar-refractivity contribution in [2.24, 2.45) is 0 Å². The molecule has 4 heterocycles. The Morgan fingerprint density at radius 1 is 1.38 bits per heavy atom. The van der Waals surface area contributed by atoms with Crippen LogP contribution in [0.1, 0.15) is 17.0 Å². The predicted octanol–water partition coefficient (Wildman–Crippen LogP) is 1.67. The molecule has 4 rings (SSSR count). The zero-order valence-electron chi connectivity index (χ0n) is 11.1. The van der Waals surface area contributed by atoms with Crippen LogP contribution < -0.4 is 5.56 Å². The highest BCUT2D eigenvalue weighted by Gasteiger charge is 2.18. The molecule has 8 heteroatoms. The van der Waals surface area contributed by atoms with Crippen molar-refractivity contribution in [3.8, 4) is 6.07 Å². The molecule has 0 fully saturated rings. The Balaban J connectivity index is 2.39. The fourth-order valence-electron chi connectivity index (χ4n) is 2.57. The molecule has 4 aromatic rings. The maximum Gasteiger partial charge on any atom is 0.291 e. The Labute approximate surface area is 121 Å². The average Bonchev–Trinajstić information content (AvgIpc) is 2.99. The van der Waals surface area contributed by atoms with Crippen LogP contribution in [0.5, 0.6) is 0 Å². The van der Waals surface area contributed by atoms with E-state index in [-0.39, 0.29) is 16.9 Å². The van der Waals surface area contributed by atoms with Crippen molar-refractivity contribution in [1.29, 1.82) is 5.26 Å². The van der Waals surface area contributed by atoms with Gasteiger partial charge in [0.2, 0.25) is 5.69 Å². The van der Waals surface area contributed by atoms with Crippen LogP contribution >= 0.6 is 11.3 Å². The molecule has 7 nitrogen and oxygen atoms in total. The second-order valence-electron chi connectivity index (χ2n) is 4.79. The standard InChI is InChI=1S/C13H8N6OS/c1-5-3-6(2)15-13-8(5)9-10(21-13)12(20)16-11-7(4-14)17-18-19(9)11/h3,18H,1-2H3. The maximum atomic E-state index is 12.2. The highest BCUT2D eigenvalue weighted by atomic mass is 32.1. The van der Waals surface area contributed by atoms with Gasteiger partial charge in [-0.2, -0.15) is 10.2 Å². The van der Waals surface area contributed by atoms with Gasteiger partial charge in [0, 0.05) is 11.1 Å². The molecular weight excluding hydrogens is 288 g/mol. The van der Waals surface area contributed by atoms with Crippen molar-refractivity contribution in [2.75, 3.05) is 0 Å². The molecule has 21 heavy (non-hydrogen) atoms. The van der Waals surface area contributed by atoms with Crippen LogP contribution in [0.4, 0.5) is 0 Å². The summed E-state index contributed by atoms with van der Waals surface area (Å²) in [6.07, 6.45) is 0. The Hall–Kier alpha value is -2.79. The van der Waals surface area contributed by atoms with E-state index < -0.39 is 0 Å². The minimum Gasteiger partial charge on any atom is -0.266 e. The van der Waals surface area contributed by atoms with E-state index in [1.54, 1.807) is 4.52 Å². The molecule has 0 bridgehead atoms. The summed E-state index contributed by atoms with van der Waals surface area (Å²) in [4.78, 5) is 21.5. The number of nitriles is 1. The van der Waals surface area contributed by atoms with Gasteiger partial charge in [-0.3, -0.25) is 4.79 Å². The van der Waals surface area contributed by atoms with Gasteiger partial charge in [-0.1, -0.05) is 0 Å². The van der Waals surface area contributed by atoms with Crippen LogP contribution in [0.3, 0.4) is 0 Å². The van der Waals surface area contributed by atoms with Crippen molar-refractivity contribution < 1.29 is 0 Å². The van der Waals surface area contributed by atoms with E-state index in [1.807, 2.05) is 26.0 Å². The first kappa shape index (κ1) is 12.0. The summed E-state index contributed by atoms with van der Waals surface area (Å²) < 4.78 is 2.09. The number of H-pyrrole nitrogens is 1. The lowest BCUT2D eigenvalue weighted by Crippen LogP contribution is -2.08. The lowest BCUT2D eigenvalue weighted by atomic mass is 10.1. The van der Waals surface area contributed by atoms with Crippen LogP contribution in [-0.2, 0) is 0 Å². The van der Waals surface area contributed by atoms with Gasteiger partial charge < -0.3 is 0 Å².